The minimum Gasteiger partial charge on any atom is -0.493 e. The van der Waals surface area contributed by atoms with Crippen molar-refractivity contribution in [1.29, 1.82) is 0 Å². The first kappa shape index (κ1) is 27.4. The zero-order valence-electron chi connectivity index (χ0n) is 22.3. The highest BCUT2D eigenvalue weighted by molar-refractivity contribution is 6.08. The normalized spacial score (nSPS) is 13.2. The molecule has 0 aromatic heterocycles. The van der Waals surface area contributed by atoms with Crippen LogP contribution >= 0.6 is 0 Å². The second kappa shape index (κ2) is 12.3. The van der Waals surface area contributed by atoms with E-state index in [1.807, 2.05) is 55.5 Å². The van der Waals surface area contributed by atoms with Gasteiger partial charge in [-0.3, -0.25) is 9.59 Å². The van der Waals surface area contributed by atoms with Crippen molar-refractivity contribution in [3.63, 3.8) is 0 Å². The lowest BCUT2D eigenvalue weighted by molar-refractivity contribution is -0.145. The van der Waals surface area contributed by atoms with Gasteiger partial charge in [0.2, 0.25) is 11.7 Å². The average Bonchev–Trinajstić information content (AvgIpc) is 3.19. The number of rotatable bonds is 10. The molecule has 1 aliphatic rings. The Morgan fingerprint density at radius 2 is 1.59 bits per heavy atom. The second-order valence-corrected chi connectivity index (χ2v) is 8.91. The summed E-state index contributed by atoms with van der Waals surface area (Å²) in [5, 5.41) is 2.61. The molecule has 3 aromatic rings. The van der Waals surface area contributed by atoms with E-state index in [-0.39, 0.29) is 25.5 Å². The van der Waals surface area contributed by atoms with Gasteiger partial charge in [0, 0.05) is 0 Å². The van der Waals surface area contributed by atoms with Gasteiger partial charge >= 0.3 is 5.97 Å². The van der Waals surface area contributed by atoms with E-state index in [1.165, 1.54) is 19.2 Å². The molecule has 0 atom stereocenters. The molecule has 1 aliphatic carbocycles. The summed E-state index contributed by atoms with van der Waals surface area (Å²) in [5.74, 6) is 0.160. The van der Waals surface area contributed by atoms with Crippen molar-refractivity contribution in [1.82, 2.24) is 5.32 Å². The van der Waals surface area contributed by atoms with E-state index >= 15 is 0 Å². The van der Waals surface area contributed by atoms with E-state index in [9.17, 15) is 14.0 Å². The summed E-state index contributed by atoms with van der Waals surface area (Å²) < 4.78 is 35.8. The van der Waals surface area contributed by atoms with Crippen LogP contribution in [0.5, 0.6) is 17.2 Å². The Morgan fingerprint density at radius 1 is 0.897 bits per heavy atom. The predicted octanol–water partition coefficient (Wildman–Crippen LogP) is 5.43. The number of halogens is 1. The van der Waals surface area contributed by atoms with Crippen molar-refractivity contribution < 1.29 is 32.9 Å². The lowest BCUT2D eigenvalue weighted by atomic mass is 10.00. The number of esters is 1. The summed E-state index contributed by atoms with van der Waals surface area (Å²) in [6.07, 6.45) is 1.91. The van der Waals surface area contributed by atoms with E-state index in [4.69, 9.17) is 18.9 Å². The second-order valence-electron chi connectivity index (χ2n) is 8.91. The van der Waals surface area contributed by atoms with Crippen LogP contribution in [-0.2, 0) is 20.9 Å². The smallest absolute Gasteiger partial charge is 0.325 e. The number of benzene rings is 3. The summed E-state index contributed by atoms with van der Waals surface area (Å²) in [4.78, 5) is 24.9. The van der Waals surface area contributed by atoms with Gasteiger partial charge in [-0.2, -0.15) is 0 Å². The molecule has 0 heterocycles. The molecular formula is C31H30FNO6. The van der Waals surface area contributed by atoms with Crippen LogP contribution in [0.4, 0.5) is 4.39 Å². The van der Waals surface area contributed by atoms with Crippen molar-refractivity contribution in [2.45, 2.75) is 20.0 Å². The predicted molar refractivity (Wildman–Crippen MR) is 147 cm³/mol. The number of allylic oxidation sites excluding steroid dienone is 2. The Morgan fingerprint density at radius 3 is 2.23 bits per heavy atom. The number of fused-ring (bicyclic) bond motifs is 1. The van der Waals surface area contributed by atoms with E-state index < -0.39 is 11.8 Å². The third-order valence-electron chi connectivity index (χ3n) is 6.46. The van der Waals surface area contributed by atoms with Crippen LogP contribution in [0.1, 0.15) is 35.6 Å². The zero-order chi connectivity index (χ0) is 27.9. The number of carbonyl (C=O) groups excluding carboxylic acids is 2. The van der Waals surface area contributed by atoms with Crippen LogP contribution < -0.4 is 19.5 Å². The molecule has 0 bridgehead atoms. The van der Waals surface area contributed by atoms with Gasteiger partial charge in [0.1, 0.15) is 19.0 Å². The van der Waals surface area contributed by atoms with Gasteiger partial charge in [0.25, 0.3) is 0 Å². The van der Waals surface area contributed by atoms with E-state index in [1.54, 1.807) is 20.3 Å². The van der Waals surface area contributed by atoms with Crippen LogP contribution in [0.2, 0.25) is 0 Å². The average molecular weight is 532 g/mol. The van der Waals surface area contributed by atoms with Crippen molar-refractivity contribution >= 4 is 29.1 Å². The number of carbonyl (C=O) groups is 2. The van der Waals surface area contributed by atoms with Gasteiger partial charge in [0.15, 0.2) is 11.5 Å². The summed E-state index contributed by atoms with van der Waals surface area (Å²) >= 11 is 0. The summed E-state index contributed by atoms with van der Waals surface area (Å²) in [5.41, 5.74) is 5.41. The standard InChI is InChI=1S/C31H30FNO6/c1-19-24(12-21-13-27(36-2)31(38-4)28(14-21)37-3)23-11-10-22(32)15-26(23)25(19)16-29(34)33-17-30(35)39-18-20-8-6-5-7-9-20/h5-15H,16-18H2,1-4H3,(H,33,34). The van der Waals surface area contributed by atoms with Crippen molar-refractivity contribution in [2.24, 2.45) is 0 Å². The number of ether oxygens (including phenoxy) is 4. The molecule has 0 radical (unpaired) electrons. The van der Waals surface area contributed by atoms with E-state index in [0.717, 1.165) is 27.8 Å². The lowest BCUT2D eigenvalue weighted by Gasteiger charge is -2.13. The minimum atomic E-state index is -0.543. The van der Waals surface area contributed by atoms with E-state index in [0.29, 0.717) is 28.4 Å². The first-order valence-electron chi connectivity index (χ1n) is 12.3. The molecule has 1 N–H and O–H groups in total. The fraction of sp³-hybridized carbons (Fsp3) is 0.226. The number of hydrogen-bond donors (Lipinski definition) is 1. The molecule has 0 saturated heterocycles. The summed E-state index contributed by atoms with van der Waals surface area (Å²) in [6.45, 7) is 1.75. The van der Waals surface area contributed by atoms with Gasteiger partial charge in [-0.1, -0.05) is 36.4 Å². The minimum absolute atomic E-state index is 0.0269. The molecule has 0 saturated carbocycles. The van der Waals surface area contributed by atoms with Crippen LogP contribution in [0.3, 0.4) is 0 Å². The number of methoxy groups -OCH3 is 3. The molecule has 3 aromatic carbocycles. The first-order valence-corrected chi connectivity index (χ1v) is 12.3. The molecular weight excluding hydrogens is 501 g/mol. The zero-order valence-corrected chi connectivity index (χ0v) is 22.3. The fourth-order valence-electron chi connectivity index (χ4n) is 4.52. The van der Waals surface area contributed by atoms with Gasteiger partial charge in [0.05, 0.1) is 27.8 Å². The lowest BCUT2D eigenvalue weighted by Crippen LogP contribution is -2.30. The molecule has 4 rings (SSSR count). The maximum atomic E-state index is 14.3. The monoisotopic (exact) mass is 531 g/mol. The summed E-state index contributed by atoms with van der Waals surface area (Å²) in [7, 11) is 4.62. The van der Waals surface area contributed by atoms with Crippen molar-refractivity contribution in [3.05, 3.63) is 94.3 Å². The molecule has 1 amide bonds. The molecule has 8 heteroatoms. The molecule has 39 heavy (non-hydrogen) atoms. The quantitative estimate of drug-likeness (QED) is 0.352. The first-order chi connectivity index (χ1) is 18.8. The maximum Gasteiger partial charge on any atom is 0.325 e. The topological polar surface area (TPSA) is 83.1 Å². The molecule has 0 aliphatic heterocycles. The summed E-state index contributed by atoms with van der Waals surface area (Å²) in [6, 6.07) is 17.4. The van der Waals surface area contributed by atoms with Crippen LogP contribution in [0.15, 0.2) is 66.2 Å². The number of nitrogens with one attached hydrogen (secondary N) is 1. The number of amides is 1. The van der Waals surface area contributed by atoms with Gasteiger partial charge in [-0.15, -0.1) is 0 Å². The van der Waals surface area contributed by atoms with Crippen LogP contribution in [0.25, 0.3) is 17.2 Å². The van der Waals surface area contributed by atoms with E-state index in [2.05, 4.69) is 5.32 Å². The Labute approximate surface area is 226 Å². The Kier molecular flexibility index (Phi) is 8.66. The molecule has 0 spiro atoms. The van der Waals surface area contributed by atoms with Crippen molar-refractivity contribution in [2.75, 3.05) is 27.9 Å². The highest BCUT2D eigenvalue weighted by Crippen LogP contribution is 2.45. The SMILES string of the molecule is COc1cc(C=C2C(C)=C(CC(=O)NCC(=O)OCc3ccccc3)c3cc(F)ccc32)cc(OC)c1OC. The van der Waals surface area contributed by atoms with Gasteiger partial charge in [-0.25, -0.2) is 4.39 Å². The molecule has 0 fully saturated rings. The third-order valence-corrected chi connectivity index (χ3v) is 6.46. The van der Waals surface area contributed by atoms with Crippen LogP contribution in [-0.4, -0.2) is 39.8 Å². The fourth-order valence-corrected chi connectivity index (χ4v) is 4.52. The number of hydrogen-bond acceptors (Lipinski definition) is 6. The third kappa shape index (κ3) is 6.29. The Balaban J connectivity index is 1.54. The maximum absolute atomic E-state index is 14.3. The molecule has 0 unspecified atom stereocenters. The Bertz CT molecular complexity index is 1420. The molecule has 202 valence electrons. The highest BCUT2D eigenvalue weighted by atomic mass is 19.1. The van der Waals surface area contributed by atoms with Crippen molar-refractivity contribution in [3.8, 4) is 17.2 Å². The molecule has 7 nitrogen and oxygen atoms in total. The van der Waals surface area contributed by atoms with Crippen LogP contribution in [0, 0.1) is 5.82 Å². The highest BCUT2D eigenvalue weighted by Gasteiger charge is 2.26. The largest absolute Gasteiger partial charge is 0.493 e. The van der Waals surface area contributed by atoms with Gasteiger partial charge < -0.3 is 24.3 Å². The van der Waals surface area contributed by atoms with Gasteiger partial charge in [-0.05, 0) is 76.2 Å². The Hall–Kier alpha value is -4.59.